The molecule has 1 N–H and O–H groups in total. The van der Waals surface area contributed by atoms with Crippen LogP contribution in [0.5, 0.6) is 11.5 Å². The van der Waals surface area contributed by atoms with Gasteiger partial charge in [0, 0.05) is 32.6 Å². The van der Waals surface area contributed by atoms with Crippen LogP contribution in [0, 0.1) is 5.92 Å². The van der Waals surface area contributed by atoms with Crippen LogP contribution in [0.4, 0.5) is 0 Å². The molecule has 2 atom stereocenters. The third-order valence-electron chi connectivity index (χ3n) is 4.58. The quantitative estimate of drug-likeness (QED) is 0.919. The minimum Gasteiger partial charge on any atom is -0.486 e. The second kappa shape index (κ2) is 6.97. The first-order chi connectivity index (χ1) is 11.0. The number of nitrogens with one attached hydrogen (secondary N) is 1. The molecule has 3 rings (SSSR count). The van der Waals surface area contributed by atoms with Crippen molar-refractivity contribution in [1.29, 1.82) is 0 Å². The largest absolute Gasteiger partial charge is 0.486 e. The van der Waals surface area contributed by atoms with Crippen LogP contribution in [-0.4, -0.2) is 43.2 Å². The van der Waals surface area contributed by atoms with Crippen LogP contribution < -0.4 is 14.8 Å². The van der Waals surface area contributed by atoms with Crippen molar-refractivity contribution < 1.29 is 14.3 Å². The van der Waals surface area contributed by atoms with Crippen molar-refractivity contribution in [3.63, 3.8) is 0 Å². The van der Waals surface area contributed by atoms with Crippen molar-refractivity contribution >= 4 is 17.5 Å². The van der Waals surface area contributed by atoms with Gasteiger partial charge in [0.25, 0.3) is 0 Å². The summed E-state index contributed by atoms with van der Waals surface area (Å²) in [4.78, 5) is 13.4. The maximum absolute atomic E-state index is 11.5. The average molecular weight is 339 g/mol. The van der Waals surface area contributed by atoms with E-state index in [1.807, 2.05) is 17.0 Å². The number of carbonyl (C=O) groups excluding carboxylic acids is 1. The molecule has 0 saturated carbocycles. The van der Waals surface area contributed by atoms with Gasteiger partial charge in [0.2, 0.25) is 5.91 Å². The highest BCUT2D eigenvalue weighted by atomic mass is 35.5. The molecule has 2 unspecified atom stereocenters. The Bertz CT molecular complexity index is 593. The van der Waals surface area contributed by atoms with E-state index in [1.165, 1.54) is 0 Å². The van der Waals surface area contributed by atoms with Gasteiger partial charge in [0.15, 0.2) is 11.5 Å². The SMILES string of the molecule is CC(=O)N1CCC(NCc2cc(Cl)c3c(c2)OCCO3)C(C)C1. The van der Waals surface area contributed by atoms with Crippen molar-refractivity contribution in [2.45, 2.75) is 32.9 Å². The molecule has 23 heavy (non-hydrogen) atoms. The van der Waals surface area contributed by atoms with Crippen molar-refractivity contribution in [3.8, 4) is 11.5 Å². The van der Waals surface area contributed by atoms with E-state index in [0.717, 1.165) is 37.4 Å². The number of fused-ring (bicyclic) bond motifs is 1. The molecule has 126 valence electrons. The van der Waals surface area contributed by atoms with Gasteiger partial charge in [0.05, 0.1) is 5.02 Å². The van der Waals surface area contributed by atoms with Crippen LogP contribution in [0.15, 0.2) is 12.1 Å². The smallest absolute Gasteiger partial charge is 0.219 e. The number of halogens is 1. The van der Waals surface area contributed by atoms with Crippen molar-refractivity contribution in [3.05, 3.63) is 22.7 Å². The standard InChI is InChI=1S/C17H23ClN2O3/c1-11-10-20(12(2)21)4-3-15(11)19-9-13-7-14(18)17-16(8-13)22-5-6-23-17/h7-8,11,15,19H,3-6,9-10H2,1-2H3. The Balaban J connectivity index is 1.60. The van der Waals surface area contributed by atoms with Crippen molar-refractivity contribution in [2.75, 3.05) is 26.3 Å². The topological polar surface area (TPSA) is 50.8 Å². The predicted molar refractivity (Wildman–Crippen MR) is 89.1 cm³/mol. The van der Waals surface area contributed by atoms with Crippen LogP contribution in [0.3, 0.4) is 0 Å². The van der Waals surface area contributed by atoms with Crippen LogP contribution in [0.25, 0.3) is 0 Å². The molecule has 1 fully saturated rings. The monoisotopic (exact) mass is 338 g/mol. The molecule has 2 heterocycles. The van der Waals surface area contributed by atoms with Crippen molar-refractivity contribution in [2.24, 2.45) is 5.92 Å². The summed E-state index contributed by atoms with van der Waals surface area (Å²) < 4.78 is 11.2. The Morgan fingerprint density at radius 2 is 2.17 bits per heavy atom. The Hall–Kier alpha value is -1.46. The molecule has 0 aliphatic carbocycles. The Morgan fingerprint density at radius 3 is 2.91 bits per heavy atom. The third-order valence-corrected chi connectivity index (χ3v) is 4.86. The minimum atomic E-state index is 0.161. The fourth-order valence-electron chi connectivity index (χ4n) is 3.25. The summed E-state index contributed by atoms with van der Waals surface area (Å²) in [6.07, 6.45) is 0.971. The number of ether oxygens (including phenoxy) is 2. The molecule has 1 aromatic carbocycles. The number of amides is 1. The van der Waals surface area contributed by atoms with Gasteiger partial charge in [-0.15, -0.1) is 0 Å². The zero-order valence-corrected chi connectivity index (χ0v) is 14.4. The van der Waals surface area contributed by atoms with Crippen molar-refractivity contribution in [1.82, 2.24) is 10.2 Å². The molecule has 0 spiro atoms. The molecule has 1 saturated heterocycles. The second-order valence-electron chi connectivity index (χ2n) is 6.32. The van der Waals surface area contributed by atoms with Crippen LogP contribution in [-0.2, 0) is 11.3 Å². The van der Waals surface area contributed by atoms with Gasteiger partial charge in [-0.2, -0.15) is 0 Å². The highest BCUT2D eigenvalue weighted by molar-refractivity contribution is 6.32. The van der Waals surface area contributed by atoms with Crippen LogP contribution in [0.1, 0.15) is 25.8 Å². The highest BCUT2D eigenvalue weighted by Gasteiger charge is 2.27. The highest BCUT2D eigenvalue weighted by Crippen LogP contribution is 2.38. The zero-order chi connectivity index (χ0) is 16.4. The first kappa shape index (κ1) is 16.4. The molecular weight excluding hydrogens is 316 g/mol. The molecule has 0 bridgehead atoms. The molecular formula is C17H23ClN2O3. The van der Waals surface area contributed by atoms with E-state index in [0.29, 0.717) is 35.9 Å². The Kier molecular flexibility index (Phi) is 4.97. The molecule has 1 amide bonds. The van der Waals surface area contributed by atoms with E-state index in [4.69, 9.17) is 21.1 Å². The lowest BCUT2D eigenvalue weighted by molar-refractivity contribution is -0.130. The van der Waals surface area contributed by atoms with Crippen LogP contribution >= 0.6 is 11.6 Å². The lowest BCUT2D eigenvalue weighted by atomic mass is 9.93. The van der Waals surface area contributed by atoms with Gasteiger partial charge in [-0.05, 0) is 30.0 Å². The summed E-state index contributed by atoms with van der Waals surface area (Å²) in [5, 5.41) is 4.18. The Labute approximate surface area is 141 Å². The predicted octanol–water partition coefficient (Wildman–Crippen LogP) is 2.46. The van der Waals surface area contributed by atoms with E-state index in [-0.39, 0.29) is 5.91 Å². The number of rotatable bonds is 3. The molecule has 2 aliphatic rings. The summed E-state index contributed by atoms with van der Waals surface area (Å²) in [5.41, 5.74) is 1.08. The van der Waals surface area contributed by atoms with Gasteiger partial charge >= 0.3 is 0 Å². The number of hydrogen-bond donors (Lipinski definition) is 1. The van der Waals surface area contributed by atoms with Gasteiger partial charge < -0.3 is 19.7 Å². The number of carbonyl (C=O) groups is 1. The Morgan fingerprint density at radius 1 is 1.39 bits per heavy atom. The summed E-state index contributed by atoms with van der Waals surface area (Å²) in [7, 11) is 0. The first-order valence-electron chi connectivity index (χ1n) is 8.11. The number of likely N-dealkylation sites (tertiary alicyclic amines) is 1. The van der Waals surface area contributed by atoms with Gasteiger partial charge in [-0.3, -0.25) is 4.79 Å². The third kappa shape index (κ3) is 3.72. The van der Waals surface area contributed by atoms with Gasteiger partial charge in [-0.25, -0.2) is 0 Å². The normalized spacial score (nSPS) is 23.7. The summed E-state index contributed by atoms with van der Waals surface area (Å²) in [5.74, 6) is 1.96. The molecule has 2 aliphatic heterocycles. The maximum Gasteiger partial charge on any atom is 0.219 e. The van der Waals surface area contributed by atoms with Crippen LogP contribution in [0.2, 0.25) is 5.02 Å². The zero-order valence-electron chi connectivity index (χ0n) is 13.6. The number of piperidine rings is 1. The maximum atomic E-state index is 11.5. The van der Waals surface area contributed by atoms with E-state index in [1.54, 1.807) is 6.92 Å². The summed E-state index contributed by atoms with van der Waals surface area (Å²) in [6.45, 7) is 7.28. The molecule has 6 heteroatoms. The first-order valence-corrected chi connectivity index (χ1v) is 8.49. The van der Waals surface area contributed by atoms with E-state index in [9.17, 15) is 4.79 Å². The average Bonchev–Trinajstić information content (AvgIpc) is 2.53. The molecule has 1 aromatic rings. The number of benzene rings is 1. The van der Waals surface area contributed by atoms with Gasteiger partial charge in [0.1, 0.15) is 13.2 Å². The fourth-order valence-corrected chi connectivity index (χ4v) is 3.54. The lowest BCUT2D eigenvalue weighted by Crippen LogP contribution is -2.49. The fraction of sp³-hybridized carbons (Fsp3) is 0.588. The number of nitrogens with zero attached hydrogens (tertiary/aromatic N) is 1. The molecule has 5 nitrogen and oxygen atoms in total. The second-order valence-corrected chi connectivity index (χ2v) is 6.73. The summed E-state index contributed by atoms with van der Waals surface area (Å²) >= 11 is 6.27. The lowest BCUT2D eigenvalue weighted by Gasteiger charge is -2.37. The molecule has 0 radical (unpaired) electrons. The van der Waals surface area contributed by atoms with E-state index >= 15 is 0 Å². The van der Waals surface area contributed by atoms with E-state index in [2.05, 4.69) is 12.2 Å². The minimum absolute atomic E-state index is 0.161. The molecule has 0 aromatic heterocycles. The van der Waals surface area contributed by atoms with Gasteiger partial charge in [-0.1, -0.05) is 18.5 Å². The number of hydrogen-bond acceptors (Lipinski definition) is 4. The van der Waals surface area contributed by atoms with E-state index < -0.39 is 0 Å². The summed E-state index contributed by atoms with van der Waals surface area (Å²) in [6, 6.07) is 4.32.